The Balaban J connectivity index is 0.00000144. The second-order valence-electron chi connectivity index (χ2n) is 5.09. The van der Waals surface area contributed by atoms with Gasteiger partial charge in [-0.3, -0.25) is 4.79 Å². The van der Waals surface area contributed by atoms with Crippen molar-refractivity contribution in [3.8, 4) is 0 Å². The molecule has 1 aliphatic rings. The van der Waals surface area contributed by atoms with Gasteiger partial charge in [0, 0.05) is 0 Å². The van der Waals surface area contributed by atoms with Gasteiger partial charge in [0.05, 0.1) is 6.42 Å². The number of aliphatic carboxylic acids is 1. The number of fused-ring (bicyclic) bond motifs is 1. The fraction of sp³-hybridized carbons (Fsp3) is 0.533. The summed E-state index contributed by atoms with van der Waals surface area (Å²) in [6.45, 7) is 4.52. The molecule has 0 aliphatic heterocycles. The Hall–Kier alpha value is -1.31. The monoisotopic (exact) mass is 234 g/mol. The van der Waals surface area contributed by atoms with Crippen molar-refractivity contribution >= 4 is 5.97 Å². The van der Waals surface area contributed by atoms with Gasteiger partial charge in [-0.05, 0) is 41.4 Å². The molecule has 0 aromatic heterocycles. The normalized spacial score (nSPS) is 17.7. The molecule has 1 N–H and O–H groups in total. The zero-order chi connectivity index (χ0) is 11.7. The maximum absolute atomic E-state index is 10.6. The molecule has 1 aromatic rings. The van der Waals surface area contributed by atoms with Gasteiger partial charge in [-0.2, -0.15) is 0 Å². The molecule has 1 aromatic carbocycles. The van der Waals surface area contributed by atoms with E-state index in [1.54, 1.807) is 0 Å². The fourth-order valence-electron chi connectivity index (χ4n) is 2.46. The average molecular weight is 234 g/mol. The molecule has 0 saturated carbocycles. The highest BCUT2D eigenvalue weighted by molar-refractivity contribution is 5.70. The van der Waals surface area contributed by atoms with Gasteiger partial charge in [0.1, 0.15) is 0 Å². The summed E-state index contributed by atoms with van der Waals surface area (Å²) in [6.07, 6.45) is 2.40. The molecule has 0 bridgehead atoms. The predicted molar refractivity (Wildman–Crippen MR) is 70.2 cm³/mol. The van der Waals surface area contributed by atoms with E-state index in [1.165, 1.54) is 11.1 Å². The standard InChI is InChI=1S/C14H18O2.CH4/c1-9(2)12-7-11-4-3-10(6-14(15)16)5-13(11)8-12;/h3-5,9,12H,6-8H2,1-2H3,(H,15,16);1H4. The first-order valence-corrected chi connectivity index (χ1v) is 5.88. The van der Waals surface area contributed by atoms with Gasteiger partial charge in [0.2, 0.25) is 0 Å². The van der Waals surface area contributed by atoms with E-state index in [2.05, 4.69) is 26.0 Å². The molecule has 0 amide bonds. The van der Waals surface area contributed by atoms with Gasteiger partial charge in [0.15, 0.2) is 0 Å². The third-order valence-corrected chi connectivity index (χ3v) is 3.53. The smallest absolute Gasteiger partial charge is 0.307 e. The van der Waals surface area contributed by atoms with E-state index in [1.807, 2.05) is 6.07 Å². The second kappa shape index (κ2) is 5.35. The molecule has 94 valence electrons. The Morgan fingerprint density at radius 3 is 2.59 bits per heavy atom. The molecular weight excluding hydrogens is 212 g/mol. The maximum Gasteiger partial charge on any atom is 0.307 e. The van der Waals surface area contributed by atoms with Crippen LogP contribution in [0.5, 0.6) is 0 Å². The van der Waals surface area contributed by atoms with Crippen LogP contribution in [0.25, 0.3) is 0 Å². The van der Waals surface area contributed by atoms with E-state index >= 15 is 0 Å². The van der Waals surface area contributed by atoms with E-state index in [-0.39, 0.29) is 13.8 Å². The SMILES string of the molecule is C.CC(C)C1Cc2ccc(CC(=O)O)cc2C1. The molecule has 0 heterocycles. The van der Waals surface area contributed by atoms with Gasteiger partial charge in [-0.15, -0.1) is 0 Å². The largest absolute Gasteiger partial charge is 0.481 e. The molecule has 2 heteroatoms. The molecular formula is C15H22O2. The Bertz CT molecular complexity index is 407. The zero-order valence-electron chi connectivity index (χ0n) is 9.86. The van der Waals surface area contributed by atoms with Gasteiger partial charge < -0.3 is 5.11 Å². The van der Waals surface area contributed by atoms with Crippen molar-refractivity contribution < 1.29 is 9.90 Å². The summed E-state index contributed by atoms with van der Waals surface area (Å²) in [7, 11) is 0. The molecule has 1 unspecified atom stereocenters. The number of hydrogen-bond acceptors (Lipinski definition) is 1. The van der Waals surface area contributed by atoms with Gasteiger partial charge in [-0.25, -0.2) is 0 Å². The Morgan fingerprint density at radius 2 is 2.00 bits per heavy atom. The number of carboxylic acids is 1. The predicted octanol–water partition coefficient (Wildman–Crippen LogP) is 3.32. The van der Waals surface area contributed by atoms with Crippen molar-refractivity contribution in [3.05, 3.63) is 34.9 Å². The Morgan fingerprint density at radius 1 is 1.35 bits per heavy atom. The lowest BCUT2D eigenvalue weighted by atomic mass is 9.93. The van der Waals surface area contributed by atoms with Crippen LogP contribution < -0.4 is 0 Å². The van der Waals surface area contributed by atoms with Crippen LogP contribution in [-0.2, 0) is 24.1 Å². The summed E-state index contributed by atoms with van der Waals surface area (Å²) in [5.41, 5.74) is 3.70. The molecule has 1 atom stereocenters. The lowest BCUT2D eigenvalue weighted by Gasteiger charge is -2.12. The van der Waals surface area contributed by atoms with Gasteiger partial charge in [-0.1, -0.05) is 39.5 Å². The van der Waals surface area contributed by atoms with Crippen molar-refractivity contribution in [2.45, 2.75) is 40.5 Å². The fourth-order valence-corrected chi connectivity index (χ4v) is 2.46. The van der Waals surface area contributed by atoms with E-state index < -0.39 is 5.97 Å². The summed E-state index contributed by atoms with van der Waals surface area (Å²) < 4.78 is 0. The van der Waals surface area contributed by atoms with E-state index in [4.69, 9.17) is 5.11 Å². The minimum Gasteiger partial charge on any atom is -0.481 e. The van der Waals surface area contributed by atoms with Gasteiger partial charge in [0.25, 0.3) is 0 Å². The summed E-state index contributed by atoms with van der Waals surface area (Å²) in [4.78, 5) is 10.6. The molecule has 0 spiro atoms. The van der Waals surface area contributed by atoms with Crippen molar-refractivity contribution in [1.82, 2.24) is 0 Å². The van der Waals surface area contributed by atoms with Crippen LogP contribution >= 0.6 is 0 Å². The van der Waals surface area contributed by atoms with Gasteiger partial charge >= 0.3 is 5.97 Å². The van der Waals surface area contributed by atoms with Crippen molar-refractivity contribution in [2.75, 3.05) is 0 Å². The van der Waals surface area contributed by atoms with Crippen LogP contribution in [0.15, 0.2) is 18.2 Å². The Kier molecular flexibility index (Phi) is 4.33. The molecule has 0 radical (unpaired) electrons. The summed E-state index contributed by atoms with van der Waals surface area (Å²) in [5, 5.41) is 8.76. The second-order valence-corrected chi connectivity index (χ2v) is 5.09. The van der Waals surface area contributed by atoms with E-state index in [0.717, 1.165) is 24.3 Å². The maximum atomic E-state index is 10.6. The van der Waals surface area contributed by atoms with Crippen molar-refractivity contribution in [2.24, 2.45) is 11.8 Å². The molecule has 2 rings (SSSR count). The van der Waals surface area contributed by atoms with Crippen molar-refractivity contribution in [3.63, 3.8) is 0 Å². The van der Waals surface area contributed by atoms with Crippen LogP contribution in [0.1, 0.15) is 38.0 Å². The molecule has 1 aliphatic carbocycles. The summed E-state index contributed by atoms with van der Waals surface area (Å²) in [6, 6.07) is 6.14. The highest BCUT2D eigenvalue weighted by Crippen LogP contribution is 2.31. The van der Waals surface area contributed by atoms with Crippen LogP contribution in [0.4, 0.5) is 0 Å². The molecule has 17 heavy (non-hydrogen) atoms. The average Bonchev–Trinajstić information content (AvgIpc) is 2.59. The highest BCUT2D eigenvalue weighted by atomic mass is 16.4. The number of benzene rings is 1. The first-order valence-electron chi connectivity index (χ1n) is 5.88. The number of carbonyl (C=O) groups is 1. The van der Waals surface area contributed by atoms with Crippen LogP contribution in [0, 0.1) is 11.8 Å². The summed E-state index contributed by atoms with van der Waals surface area (Å²) >= 11 is 0. The number of rotatable bonds is 3. The third kappa shape index (κ3) is 3.09. The first kappa shape index (κ1) is 13.8. The van der Waals surface area contributed by atoms with E-state index in [9.17, 15) is 4.79 Å². The number of hydrogen-bond donors (Lipinski definition) is 1. The van der Waals surface area contributed by atoms with Crippen LogP contribution in [-0.4, -0.2) is 11.1 Å². The lowest BCUT2D eigenvalue weighted by molar-refractivity contribution is -0.136. The Labute approximate surface area is 104 Å². The molecule has 2 nitrogen and oxygen atoms in total. The highest BCUT2D eigenvalue weighted by Gasteiger charge is 2.23. The topological polar surface area (TPSA) is 37.3 Å². The van der Waals surface area contributed by atoms with E-state index in [0.29, 0.717) is 5.92 Å². The van der Waals surface area contributed by atoms with Crippen molar-refractivity contribution in [1.29, 1.82) is 0 Å². The number of carboxylic acid groups (broad SMARTS) is 1. The van der Waals surface area contributed by atoms with Crippen LogP contribution in [0.3, 0.4) is 0 Å². The zero-order valence-corrected chi connectivity index (χ0v) is 9.86. The third-order valence-electron chi connectivity index (χ3n) is 3.53. The van der Waals surface area contributed by atoms with Crippen LogP contribution in [0.2, 0.25) is 0 Å². The molecule has 0 saturated heterocycles. The quantitative estimate of drug-likeness (QED) is 0.871. The minimum atomic E-state index is -0.752. The molecule has 0 fully saturated rings. The summed E-state index contributed by atoms with van der Waals surface area (Å²) in [5.74, 6) is 0.684. The first-order chi connectivity index (χ1) is 7.56. The minimum absolute atomic E-state index is 0. The lowest BCUT2D eigenvalue weighted by Crippen LogP contribution is -2.07.